The topological polar surface area (TPSA) is 136 Å². The molecule has 0 unspecified atom stereocenters. The zero-order valence-electron chi connectivity index (χ0n) is 24.6. The van der Waals surface area contributed by atoms with E-state index in [1.165, 1.54) is 55.8 Å². The van der Waals surface area contributed by atoms with E-state index in [4.69, 9.17) is 9.47 Å². The summed E-state index contributed by atoms with van der Waals surface area (Å²) in [6, 6.07) is 12.2. The number of benzene rings is 2. The number of carbonyl (C=O) groups is 3. The number of hydrogen-bond acceptors (Lipinski definition) is 8. The molecule has 5 rings (SSSR count). The SMILES string of the molecule is CN(C)C(=O)Cn1cc(NC(=O)c2cnn3cccnc23)c(-c2cc(Oc3ccc(C(=O)N(C)C)cc3)ccc2OC(F)F)n1. The Morgan fingerprint density at radius 1 is 1.00 bits per heavy atom. The third-order valence-electron chi connectivity index (χ3n) is 6.50. The van der Waals surface area contributed by atoms with Crippen molar-refractivity contribution in [2.75, 3.05) is 33.5 Å². The molecule has 0 bridgehead atoms. The van der Waals surface area contributed by atoms with Crippen molar-refractivity contribution < 1.29 is 32.6 Å². The van der Waals surface area contributed by atoms with E-state index >= 15 is 0 Å². The van der Waals surface area contributed by atoms with Crippen molar-refractivity contribution in [1.82, 2.24) is 34.2 Å². The average molecular weight is 619 g/mol. The molecule has 13 nitrogen and oxygen atoms in total. The van der Waals surface area contributed by atoms with Gasteiger partial charge in [-0.1, -0.05) is 0 Å². The number of halogens is 2. The maximum atomic E-state index is 13.5. The van der Waals surface area contributed by atoms with Gasteiger partial charge in [-0.05, 0) is 48.5 Å². The highest BCUT2D eigenvalue weighted by Gasteiger charge is 2.23. The van der Waals surface area contributed by atoms with Crippen LogP contribution in [0.15, 0.2) is 73.3 Å². The molecule has 3 aromatic heterocycles. The van der Waals surface area contributed by atoms with Crippen LogP contribution in [0.4, 0.5) is 14.5 Å². The first-order valence-electron chi connectivity index (χ1n) is 13.5. The van der Waals surface area contributed by atoms with Crippen molar-refractivity contribution in [2.24, 2.45) is 0 Å². The predicted molar refractivity (Wildman–Crippen MR) is 158 cm³/mol. The highest BCUT2D eigenvalue weighted by molar-refractivity contribution is 6.09. The molecule has 2 aromatic carbocycles. The number of hydrogen-bond donors (Lipinski definition) is 1. The Balaban J connectivity index is 1.54. The van der Waals surface area contributed by atoms with E-state index in [-0.39, 0.29) is 52.4 Å². The molecule has 1 N–H and O–H groups in total. The van der Waals surface area contributed by atoms with Gasteiger partial charge >= 0.3 is 6.61 Å². The number of nitrogens with one attached hydrogen (secondary N) is 1. The van der Waals surface area contributed by atoms with Crippen molar-refractivity contribution in [3.63, 3.8) is 0 Å². The summed E-state index contributed by atoms with van der Waals surface area (Å²) in [5.74, 6) is -0.737. The molecular formula is C30H28F2N8O5. The van der Waals surface area contributed by atoms with E-state index in [1.54, 1.807) is 64.7 Å². The lowest BCUT2D eigenvalue weighted by atomic mass is 10.1. The zero-order valence-corrected chi connectivity index (χ0v) is 24.6. The number of alkyl halides is 2. The molecule has 0 spiro atoms. The summed E-state index contributed by atoms with van der Waals surface area (Å²) in [7, 11) is 6.43. The van der Waals surface area contributed by atoms with E-state index in [0.717, 1.165) is 0 Å². The molecule has 0 atom stereocenters. The lowest BCUT2D eigenvalue weighted by molar-refractivity contribution is -0.129. The quantitative estimate of drug-likeness (QED) is 0.248. The Kier molecular flexibility index (Phi) is 8.69. The van der Waals surface area contributed by atoms with Crippen LogP contribution in [0.3, 0.4) is 0 Å². The molecule has 0 aliphatic heterocycles. The predicted octanol–water partition coefficient (Wildman–Crippen LogP) is 4.03. The van der Waals surface area contributed by atoms with Gasteiger partial charge in [0.2, 0.25) is 5.91 Å². The number of ether oxygens (including phenoxy) is 2. The van der Waals surface area contributed by atoms with Crippen LogP contribution in [0, 0.1) is 0 Å². The van der Waals surface area contributed by atoms with Crippen LogP contribution in [-0.2, 0) is 11.3 Å². The number of aromatic nitrogens is 5. The van der Waals surface area contributed by atoms with Gasteiger partial charge < -0.3 is 24.6 Å². The van der Waals surface area contributed by atoms with E-state index in [0.29, 0.717) is 17.0 Å². The fourth-order valence-corrected chi connectivity index (χ4v) is 4.27. The molecule has 0 saturated carbocycles. The minimum Gasteiger partial charge on any atom is -0.457 e. The Morgan fingerprint density at radius 3 is 2.42 bits per heavy atom. The van der Waals surface area contributed by atoms with Gasteiger partial charge in [0.1, 0.15) is 35.1 Å². The summed E-state index contributed by atoms with van der Waals surface area (Å²) >= 11 is 0. The second-order valence-corrected chi connectivity index (χ2v) is 10.1. The summed E-state index contributed by atoms with van der Waals surface area (Å²) in [4.78, 5) is 45.1. The largest absolute Gasteiger partial charge is 0.457 e. The first-order chi connectivity index (χ1) is 21.5. The molecule has 45 heavy (non-hydrogen) atoms. The van der Waals surface area contributed by atoms with Crippen molar-refractivity contribution in [1.29, 1.82) is 0 Å². The van der Waals surface area contributed by atoms with Gasteiger partial charge in [0.25, 0.3) is 11.8 Å². The van der Waals surface area contributed by atoms with Crippen LogP contribution in [0.1, 0.15) is 20.7 Å². The van der Waals surface area contributed by atoms with Crippen molar-refractivity contribution in [3.05, 3.63) is 84.4 Å². The molecule has 3 amide bonds. The molecule has 232 valence electrons. The van der Waals surface area contributed by atoms with Crippen LogP contribution in [0.25, 0.3) is 16.9 Å². The Morgan fingerprint density at radius 2 is 1.73 bits per heavy atom. The van der Waals surface area contributed by atoms with E-state index in [2.05, 4.69) is 20.5 Å². The molecule has 5 aromatic rings. The molecular weight excluding hydrogens is 590 g/mol. The van der Waals surface area contributed by atoms with Gasteiger partial charge in [0, 0.05) is 52.3 Å². The Bertz CT molecular complexity index is 1870. The maximum absolute atomic E-state index is 13.5. The number of amides is 3. The molecule has 0 saturated heterocycles. The first-order valence-corrected chi connectivity index (χ1v) is 13.5. The average Bonchev–Trinajstić information content (AvgIpc) is 3.61. The first kappa shape index (κ1) is 30.6. The normalized spacial score (nSPS) is 11.0. The highest BCUT2D eigenvalue weighted by atomic mass is 19.3. The number of likely N-dealkylation sites (N-methyl/N-ethyl adjacent to an activating group) is 1. The fourth-order valence-electron chi connectivity index (χ4n) is 4.27. The molecule has 0 aliphatic rings. The second kappa shape index (κ2) is 12.8. The summed E-state index contributed by atoms with van der Waals surface area (Å²) in [5.41, 5.74) is 1.08. The van der Waals surface area contributed by atoms with Gasteiger partial charge in [0.05, 0.1) is 17.4 Å². The van der Waals surface area contributed by atoms with Gasteiger partial charge in [-0.2, -0.15) is 19.0 Å². The smallest absolute Gasteiger partial charge is 0.387 e. The minimum atomic E-state index is -3.17. The summed E-state index contributed by atoms with van der Waals surface area (Å²) in [5, 5.41) is 11.3. The number of anilines is 1. The number of rotatable bonds is 10. The monoisotopic (exact) mass is 618 g/mol. The second-order valence-electron chi connectivity index (χ2n) is 10.1. The molecule has 3 heterocycles. The van der Waals surface area contributed by atoms with E-state index in [1.807, 2.05) is 0 Å². The van der Waals surface area contributed by atoms with Crippen molar-refractivity contribution >= 4 is 29.1 Å². The maximum Gasteiger partial charge on any atom is 0.387 e. The van der Waals surface area contributed by atoms with Crippen molar-refractivity contribution in [3.8, 4) is 28.5 Å². The molecule has 0 aliphatic carbocycles. The van der Waals surface area contributed by atoms with Crippen LogP contribution < -0.4 is 14.8 Å². The summed E-state index contributed by atoms with van der Waals surface area (Å²) in [6.45, 7) is -3.37. The lowest BCUT2D eigenvalue weighted by Crippen LogP contribution is -2.26. The van der Waals surface area contributed by atoms with E-state index in [9.17, 15) is 23.2 Å². The third-order valence-corrected chi connectivity index (χ3v) is 6.50. The molecule has 0 fully saturated rings. The highest BCUT2D eigenvalue weighted by Crippen LogP contribution is 2.39. The van der Waals surface area contributed by atoms with Crippen LogP contribution >= 0.6 is 0 Å². The number of fused-ring (bicyclic) bond motifs is 1. The van der Waals surface area contributed by atoms with E-state index < -0.39 is 12.5 Å². The summed E-state index contributed by atoms with van der Waals surface area (Å²) in [6.07, 6.45) is 5.89. The summed E-state index contributed by atoms with van der Waals surface area (Å²) < 4.78 is 40.4. The van der Waals surface area contributed by atoms with Crippen LogP contribution in [0.5, 0.6) is 17.2 Å². The van der Waals surface area contributed by atoms with Gasteiger partial charge in [-0.3, -0.25) is 19.1 Å². The fraction of sp³-hybridized carbons (Fsp3) is 0.200. The minimum absolute atomic E-state index is 0.0346. The molecule has 0 radical (unpaired) electrons. The van der Waals surface area contributed by atoms with Crippen LogP contribution in [0.2, 0.25) is 0 Å². The number of carbonyl (C=O) groups excluding carboxylic acids is 3. The van der Waals surface area contributed by atoms with Crippen LogP contribution in [-0.4, -0.2) is 86.7 Å². The Hall–Kier alpha value is -5.86. The zero-order chi connectivity index (χ0) is 32.2. The molecule has 15 heteroatoms. The van der Waals surface area contributed by atoms with Gasteiger partial charge in [-0.25, -0.2) is 9.50 Å². The number of nitrogens with zero attached hydrogens (tertiary/aromatic N) is 7. The third kappa shape index (κ3) is 6.87. The van der Waals surface area contributed by atoms with Gasteiger partial charge in [-0.15, -0.1) is 0 Å². The van der Waals surface area contributed by atoms with Crippen molar-refractivity contribution in [2.45, 2.75) is 13.2 Å². The van der Waals surface area contributed by atoms with Gasteiger partial charge in [0.15, 0.2) is 5.65 Å². The Labute approximate surface area is 255 Å². The lowest BCUT2D eigenvalue weighted by Gasteiger charge is -2.14. The standard InChI is InChI=1S/C30H28F2N8O5/c1-37(2)25(41)17-39-16-23(35-28(42)22-15-34-40-13-5-12-33-27(22)40)26(36-39)21-14-20(10-11-24(21)45-30(31)32)44-19-8-6-18(7-9-19)29(43)38(3)4/h5-16,30H,17H2,1-4H3,(H,35,42).